The number of hydrogen-bond donors (Lipinski definition) is 5. The van der Waals surface area contributed by atoms with E-state index in [1.165, 1.54) is 24.3 Å². The number of anilines is 1. The molecule has 5 N–H and O–H groups in total. The van der Waals surface area contributed by atoms with Gasteiger partial charge in [-0.1, -0.05) is 0 Å². The maximum atomic E-state index is 11.7. The number of hydrazine groups is 1. The molecule has 7 amide bonds. The molecule has 1 aromatic rings. The summed E-state index contributed by atoms with van der Waals surface area (Å²) in [5.41, 5.74) is 4.58. The highest BCUT2D eigenvalue weighted by Crippen LogP contribution is 2.08. The van der Waals surface area contributed by atoms with E-state index in [0.717, 1.165) is 0 Å². The lowest BCUT2D eigenvalue weighted by atomic mass is 10.1. The molecule has 0 spiro atoms. The van der Waals surface area contributed by atoms with Crippen LogP contribution in [0, 0.1) is 17.2 Å². The molecule has 1 aromatic carbocycles. The van der Waals surface area contributed by atoms with Crippen LogP contribution in [-0.4, -0.2) is 29.8 Å². The molecule has 1 saturated heterocycles. The first-order valence-electron chi connectivity index (χ1n) is 6.43. The monoisotopic (exact) mass is 330 g/mol. The Morgan fingerprint density at radius 3 is 2.12 bits per heavy atom. The quantitative estimate of drug-likeness (QED) is 0.333. The standard InChI is InChI=1S/C13H10N6O5/c14-5-6-1-3-7(4-2-6)15-13(24)19-18-11(22)8-9(20)16-12(23)17-10(8)21/h1-4,8H,(H,18,22)(H2,15,19,24)(H2,16,17,20,21,23). The summed E-state index contributed by atoms with van der Waals surface area (Å²) in [6, 6.07) is 5.92. The number of urea groups is 2. The molecule has 11 nitrogen and oxygen atoms in total. The van der Waals surface area contributed by atoms with Gasteiger partial charge in [0.1, 0.15) is 0 Å². The third-order valence-corrected chi connectivity index (χ3v) is 2.83. The van der Waals surface area contributed by atoms with E-state index in [-0.39, 0.29) is 0 Å². The number of hydrogen-bond acceptors (Lipinski definition) is 6. The van der Waals surface area contributed by atoms with Crippen LogP contribution >= 0.6 is 0 Å². The number of amides is 7. The minimum Gasteiger partial charge on any atom is -0.307 e. The molecule has 0 aliphatic carbocycles. The fourth-order valence-electron chi connectivity index (χ4n) is 1.74. The first-order valence-corrected chi connectivity index (χ1v) is 6.43. The summed E-state index contributed by atoms with van der Waals surface area (Å²) in [4.78, 5) is 57.1. The summed E-state index contributed by atoms with van der Waals surface area (Å²) in [6.07, 6.45) is 0. The fraction of sp³-hybridized carbons (Fsp3) is 0.0769. The lowest BCUT2D eigenvalue weighted by Gasteiger charge is -2.20. The van der Waals surface area contributed by atoms with Gasteiger partial charge >= 0.3 is 12.1 Å². The predicted octanol–water partition coefficient (Wildman–Crippen LogP) is -1.31. The Morgan fingerprint density at radius 1 is 1.00 bits per heavy atom. The van der Waals surface area contributed by atoms with Crippen LogP contribution in [0.4, 0.5) is 15.3 Å². The number of barbiturate groups is 1. The molecule has 1 heterocycles. The Hall–Kier alpha value is -3.94. The summed E-state index contributed by atoms with van der Waals surface area (Å²) in [5.74, 6) is -5.13. The predicted molar refractivity (Wildman–Crippen MR) is 76.6 cm³/mol. The van der Waals surface area contributed by atoms with Crippen molar-refractivity contribution in [3.8, 4) is 6.07 Å². The number of nitrogens with zero attached hydrogens (tertiary/aromatic N) is 1. The van der Waals surface area contributed by atoms with Gasteiger partial charge in [0.25, 0.3) is 5.91 Å². The molecule has 0 radical (unpaired) electrons. The molecule has 11 heteroatoms. The van der Waals surface area contributed by atoms with E-state index in [9.17, 15) is 24.0 Å². The van der Waals surface area contributed by atoms with E-state index in [0.29, 0.717) is 11.3 Å². The van der Waals surface area contributed by atoms with Crippen LogP contribution in [-0.2, 0) is 14.4 Å². The zero-order chi connectivity index (χ0) is 17.7. The molecular formula is C13H10N6O5. The molecular weight excluding hydrogens is 320 g/mol. The van der Waals surface area contributed by atoms with Gasteiger partial charge in [-0.15, -0.1) is 0 Å². The van der Waals surface area contributed by atoms with Crippen molar-refractivity contribution in [1.82, 2.24) is 21.5 Å². The van der Waals surface area contributed by atoms with Crippen molar-refractivity contribution in [3.05, 3.63) is 29.8 Å². The minimum atomic E-state index is -1.81. The number of nitriles is 1. The van der Waals surface area contributed by atoms with Gasteiger partial charge in [-0.25, -0.2) is 15.0 Å². The summed E-state index contributed by atoms with van der Waals surface area (Å²) in [6.45, 7) is 0. The van der Waals surface area contributed by atoms with Gasteiger partial charge in [0.15, 0.2) is 5.92 Å². The molecule has 1 fully saturated rings. The van der Waals surface area contributed by atoms with Crippen molar-refractivity contribution < 1.29 is 24.0 Å². The highest BCUT2D eigenvalue weighted by molar-refractivity contribution is 6.26. The van der Waals surface area contributed by atoms with Crippen LogP contribution in [0.5, 0.6) is 0 Å². The molecule has 1 aliphatic rings. The second-order valence-corrected chi connectivity index (χ2v) is 4.50. The van der Waals surface area contributed by atoms with Crippen molar-refractivity contribution in [2.75, 3.05) is 5.32 Å². The summed E-state index contributed by atoms with van der Waals surface area (Å²) in [5, 5.41) is 14.5. The van der Waals surface area contributed by atoms with E-state index >= 15 is 0 Å². The second-order valence-electron chi connectivity index (χ2n) is 4.50. The average molecular weight is 330 g/mol. The molecule has 0 aromatic heterocycles. The minimum absolute atomic E-state index is 0.347. The van der Waals surface area contributed by atoms with Crippen LogP contribution < -0.4 is 26.8 Å². The highest BCUT2D eigenvalue weighted by Gasteiger charge is 2.40. The van der Waals surface area contributed by atoms with Crippen LogP contribution in [0.1, 0.15) is 5.56 Å². The lowest BCUT2D eigenvalue weighted by Crippen LogP contribution is -2.61. The maximum Gasteiger partial charge on any atom is 0.337 e. The topological polar surface area (TPSA) is 169 Å². The van der Waals surface area contributed by atoms with Gasteiger partial charge in [0.2, 0.25) is 11.8 Å². The number of nitrogens with one attached hydrogen (secondary N) is 5. The molecule has 0 saturated carbocycles. The third kappa shape index (κ3) is 3.83. The fourth-order valence-corrected chi connectivity index (χ4v) is 1.74. The zero-order valence-electron chi connectivity index (χ0n) is 11.9. The molecule has 1 aliphatic heterocycles. The van der Waals surface area contributed by atoms with E-state index in [2.05, 4.69) is 5.32 Å². The molecule has 24 heavy (non-hydrogen) atoms. The van der Waals surface area contributed by atoms with Crippen molar-refractivity contribution in [1.29, 1.82) is 5.26 Å². The Balaban J connectivity index is 1.87. The largest absolute Gasteiger partial charge is 0.337 e. The van der Waals surface area contributed by atoms with Crippen molar-refractivity contribution >= 4 is 35.5 Å². The van der Waals surface area contributed by atoms with Gasteiger partial charge in [-0.3, -0.25) is 30.4 Å². The van der Waals surface area contributed by atoms with E-state index in [1.54, 1.807) is 10.6 Å². The molecule has 122 valence electrons. The normalized spacial score (nSPS) is 14.0. The van der Waals surface area contributed by atoms with Gasteiger partial charge < -0.3 is 5.32 Å². The van der Waals surface area contributed by atoms with Crippen LogP contribution in [0.2, 0.25) is 0 Å². The van der Waals surface area contributed by atoms with Gasteiger partial charge in [-0.2, -0.15) is 5.26 Å². The van der Waals surface area contributed by atoms with Crippen molar-refractivity contribution in [2.45, 2.75) is 0 Å². The number of rotatable bonds is 2. The average Bonchev–Trinajstić information content (AvgIpc) is 2.52. The van der Waals surface area contributed by atoms with Gasteiger partial charge in [0, 0.05) is 5.69 Å². The molecule has 2 rings (SSSR count). The smallest absolute Gasteiger partial charge is 0.307 e. The van der Waals surface area contributed by atoms with Crippen LogP contribution in [0.15, 0.2) is 24.3 Å². The highest BCUT2D eigenvalue weighted by atomic mass is 16.2. The Bertz CT molecular complexity index is 746. The number of benzene rings is 1. The Morgan fingerprint density at radius 2 is 1.58 bits per heavy atom. The van der Waals surface area contributed by atoms with Crippen LogP contribution in [0.3, 0.4) is 0 Å². The molecule has 0 bridgehead atoms. The first-order chi connectivity index (χ1) is 11.4. The number of carbonyl (C=O) groups is 5. The van der Waals surface area contributed by atoms with Gasteiger partial charge in [-0.05, 0) is 24.3 Å². The zero-order valence-corrected chi connectivity index (χ0v) is 11.9. The van der Waals surface area contributed by atoms with Crippen molar-refractivity contribution in [2.24, 2.45) is 5.92 Å². The Kier molecular flexibility index (Phi) is 4.71. The number of imide groups is 2. The number of carbonyl (C=O) groups excluding carboxylic acids is 5. The third-order valence-electron chi connectivity index (χ3n) is 2.83. The maximum absolute atomic E-state index is 11.7. The molecule has 0 unspecified atom stereocenters. The van der Waals surface area contributed by atoms with Gasteiger partial charge in [0.05, 0.1) is 11.6 Å². The second kappa shape index (κ2) is 6.88. The Labute approximate surface area is 134 Å². The van der Waals surface area contributed by atoms with E-state index in [4.69, 9.17) is 5.26 Å². The molecule has 0 atom stereocenters. The van der Waals surface area contributed by atoms with Crippen molar-refractivity contribution in [3.63, 3.8) is 0 Å². The SMILES string of the molecule is N#Cc1ccc(NC(=O)NNC(=O)C2C(=O)NC(=O)NC2=O)cc1. The summed E-state index contributed by atoms with van der Waals surface area (Å²) >= 11 is 0. The lowest BCUT2D eigenvalue weighted by molar-refractivity contribution is -0.143. The van der Waals surface area contributed by atoms with E-state index in [1.807, 2.05) is 16.9 Å². The summed E-state index contributed by atoms with van der Waals surface area (Å²) in [7, 11) is 0. The van der Waals surface area contributed by atoms with E-state index < -0.39 is 35.7 Å². The summed E-state index contributed by atoms with van der Waals surface area (Å²) < 4.78 is 0. The van der Waals surface area contributed by atoms with Crippen LogP contribution in [0.25, 0.3) is 0 Å². The first kappa shape index (κ1) is 16.4.